The number of aryl methyl sites for hydroxylation is 1. The van der Waals surface area contributed by atoms with E-state index in [1.54, 1.807) is 36.5 Å². The molecule has 35 heavy (non-hydrogen) atoms. The number of nitrogens with zero attached hydrogens (tertiary/aromatic N) is 3. The van der Waals surface area contributed by atoms with Gasteiger partial charge >= 0.3 is 6.18 Å². The Morgan fingerprint density at radius 1 is 0.829 bits per heavy atom. The molecule has 4 rings (SSSR count). The van der Waals surface area contributed by atoms with Gasteiger partial charge in [0.15, 0.2) is 0 Å². The predicted octanol–water partition coefficient (Wildman–Crippen LogP) is 5.87. The SMILES string of the molecule is Cc1ccnc(Nc2cc(Nc3ccc(NC(=O)Cc4cccc(C(F)(F)F)c4)cc3)ncn2)c1. The average molecular weight is 478 g/mol. The molecule has 1 amide bonds. The fraction of sp³-hybridized carbons (Fsp3) is 0.120. The molecule has 0 saturated heterocycles. The maximum atomic E-state index is 12.9. The van der Waals surface area contributed by atoms with Crippen LogP contribution in [-0.2, 0) is 17.4 Å². The number of rotatable bonds is 7. The lowest BCUT2D eigenvalue weighted by molar-refractivity contribution is -0.137. The summed E-state index contributed by atoms with van der Waals surface area (Å²) in [5.41, 5.74) is 1.81. The van der Waals surface area contributed by atoms with Crippen LogP contribution in [0.1, 0.15) is 16.7 Å². The minimum absolute atomic E-state index is 0.170. The van der Waals surface area contributed by atoms with Gasteiger partial charge in [-0.3, -0.25) is 4.79 Å². The smallest absolute Gasteiger partial charge is 0.340 e. The number of carbonyl (C=O) groups is 1. The van der Waals surface area contributed by atoms with Crippen LogP contribution in [-0.4, -0.2) is 20.9 Å². The largest absolute Gasteiger partial charge is 0.416 e. The van der Waals surface area contributed by atoms with Crippen molar-refractivity contribution in [2.45, 2.75) is 19.5 Å². The van der Waals surface area contributed by atoms with Gasteiger partial charge in [0.2, 0.25) is 5.91 Å². The van der Waals surface area contributed by atoms with Crippen molar-refractivity contribution in [3.05, 3.63) is 95.9 Å². The molecule has 0 aliphatic heterocycles. The number of pyridine rings is 1. The second-order valence-electron chi connectivity index (χ2n) is 7.76. The fourth-order valence-electron chi connectivity index (χ4n) is 3.26. The zero-order valence-corrected chi connectivity index (χ0v) is 18.6. The number of halogens is 3. The van der Waals surface area contributed by atoms with E-state index in [1.807, 2.05) is 19.1 Å². The molecule has 0 radical (unpaired) electrons. The lowest BCUT2D eigenvalue weighted by Crippen LogP contribution is -2.15. The van der Waals surface area contributed by atoms with Crippen LogP contribution >= 0.6 is 0 Å². The van der Waals surface area contributed by atoms with Crippen LogP contribution in [0.15, 0.2) is 79.3 Å². The van der Waals surface area contributed by atoms with Crippen molar-refractivity contribution in [1.82, 2.24) is 15.0 Å². The number of anilines is 5. The summed E-state index contributed by atoms with van der Waals surface area (Å²) in [6.07, 6.45) is -1.50. The van der Waals surface area contributed by atoms with E-state index in [0.717, 1.165) is 23.4 Å². The van der Waals surface area contributed by atoms with E-state index in [1.165, 1.54) is 18.5 Å². The van der Waals surface area contributed by atoms with E-state index >= 15 is 0 Å². The van der Waals surface area contributed by atoms with Crippen LogP contribution in [0.25, 0.3) is 0 Å². The highest BCUT2D eigenvalue weighted by Gasteiger charge is 2.30. The molecule has 7 nitrogen and oxygen atoms in total. The summed E-state index contributed by atoms with van der Waals surface area (Å²) in [7, 11) is 0. The third-order valence-corrected chi connectivity index (χ3v) is 4.90. The monoisotopic (exact) mass is 478 g/mol. The van der Waals surface area contributed by atoms with Crippen molar-refractivity contribution in [1.29, 1.82) is 0 Å². The molecule has 2 aromatic heterocycles. The summed E-state index contributed by atoms with van der Waals surface area (Å²) < 4.78 is 38.6. The zero-order chi connectivity index (χ0) is 24.8. The Hall–Kier alpha value is -4.47. The van der Waals surface area contributed by atoms with Gasteiger partial charge in [-0.1, -0.05) is 18.2 Å². The van der Waals surface area contributed by atoms with E-state index in [2.05, 4.69) is 30.9 Å². The first-order chi connectivity index (χ1) is 16.7. The molecule has 2 heterocycles. The van der Waals surface area contributed by atoms with E-state index in [0.29, 0.717) is 23.1 Å². The van der Waals surface area contributed by atoms with Gasteiger partial charge in [-0.05, 0) is 60.5 Å². The number of benzene rings is 2. The molecule has 0 saturated carbocycles. The number of amides is 1. The summed E-state index contributed by atoms with van der Waals surface area (Å²) in [6.45, 7) is 1.97. The fourth-order valence-corrected chi connectivity index (χ4v) is 3.26. The van der Waals surface area contributed by atoms with Crippen LogP contribution in [0.5, 0.6) is 0 Å². The van der Waals surface area contributed by atoms with Crippen molar-refractivity contribution < 1.29 is 18.0 Å². The molecule has 3 N–H and O–H groups in total. The van der Waals surface area contributed by atoms with Crippen molar-refractivity contribution >= 4 is 34.7 Å². The number of hydrogen-bond acceptors (Lipinski definition) is 6. The van der Waals surface area contributed by atoms with Crippen molar-refractivity contribution in [2.75, 3.05) is 16.0 Å². The molecule has 0 unspecified atom stereocenters. The Balaban J connectivity index is 1.35. The zero-order valence-electron chi connectivity index (χ0n) is 18.6. The molecule has 4 aromatic rings. The van der Waals surface area contributed by atoms with Gasteiger partial charge in [0.25, 0.3) is 0 Å². The third kappa shape index (κ3) is 6.76. The first kappa shape index (κ1) is 23.7. The highest BCUT2D eigenvalue weighted by atomic mass is 19.4. The minimum Gasteiger partial charge on any atom is -0.340 e. The number of alkyl halides is 3. The standard InChI is InChI=1S/C25H21F3N6O/c1-16-9-10-29-21(11-16)34-23-14-22(30-15-31-23)32-19-5-7-20(8-6-19)33-24(35)13-17-3-2-4-18(12-17)25(26,27)28/h2-12,14-15H,13H2,1H3,(H,33,35)(H2,29,30,31,32,34). The van der Waals surface area contributed by atoms with Crippen LogP contribution in [0.3, 0.4) is 0 Å². The molecule has 2 aromatic carbocycles. The first-order valence-electron chi connectivity index (χ1n) is 10.6. The van der Waals surface area contributed by atoms with E-state index < -0.39 is 17.6 Å². The second kappa shape index (κ2) is 10.2. The van der Waals surface area contributed by atoms with Crippen molar-refractivity contribution in [3.8, 4) is 0 Å². The van der Waals surface area contributed by atoms with E-state index in [9.17, 15) is 18.0 Å². The van der Waals surface area contributed by atoms with Gasteiger partial charge in [0.05, 0.1) is 12.0 Å². The van der Waals surface area contributed by atoms with Gasteiger partial charge in [-0.15, -0.1) is 0 Å². The third-order valence-electron chi connectivity index (χ3n) is 4.90. The van der Waals surface area contributed by atoms with Gasteiger partial charge in [-0.2, -0.15) is 13.2 Å². The van der Waals surface area contributed by atoms with Crippen molar-refractivity contribution in [2.24, 2.45) is 0 Å². The van der Waals surface area contributed by atoms with E-state index in [-0.39, 0.29) is 12.0 Å². The molecule has 10 heteroatoms. The predicted molar refractivity (Wildman–Crippen MR) is 128 cm³/mol. The molecule has 0 spiro atoms. The minimum atomic E-state index is -4.45. The number of nitrogens with one attached hydrogen (secondary N) is 3. The van der Waals surface area contributed by atoms with E-state index in [4.69, 9.17) is 0 Å². The molecular formula is C25H21F3N6O. The summed E-state index contributed by atoms with van der Waals surface area (Å²) in [4.78, 5) is 24.9. The molecule has 178 valence electrons. The second-order valence-corrected chi connectivity index (χ2v) is 7.76. The van der Waals surface area contributed by atoms with Gasteiger partial charge in [0.1, 0.15) is 23.8 Å². The Bertz CT molecular complexity index is 1330. The number of carbonyl (C=O) groups excluding carboxylic acids is 1. The van der Waals surface area contributed by atoms with Crippen LogP contribution < -0.4 is 16.0 Å². The quantitative estimate of drug-likeness (QED) is 0.308. The Labute approximate surface area is 199 Å². The molecule has 0 atom stereocenters. The van der Waals surface area contributed by atoms with Crippen LogP contribution in [0.4, 0.5) is 42.0 Å². The summed E-state index contributed by atoms with van der Waals surface area (Å²) >= 11 is 0. The summed E-state index contributed by atoms with van der Waals surface area (Å²) in [6, 6.07) is 17.1. The van der Waals surface area contributed by atoms with Gasteiger partial charge in [0, 0.05) is 23.6 Å². The number of aromatic nitrogens is 3. The molecule has 0 aliphatic rings. The highest BCUT2D eigenvalue weighted by molar-refractivity contribution is 5.92. The van der Waals surface area contributed by atoms with Gasteiger partial charge < -0.3 is 16.0 Å². The Kier molecular flexibility index (Phi) is 6.91. The normalized spacial score (nSPS) is 11.1. The highest BCUT2D eigenvalue weighted by Crippen LogP contribution is 2.29. The Morgan fingerprint density at radius 2 is 1.51 bits per heavy atom. The average Bonchev–Trinajstić information content (AvgIpc) is 2.80. The summed E-state index contributed by atoms with van der Waals surface area (Å²) in [5.74, 6) is 1.37. The lowest BCUT2D eigenvalue weighted by atomic mass is 10.1. The van der Waals surface area contributed by atoms with Crippen LogP contribution in [0, 0.1) is 6.92 Å². The van der Waals surface area contributed by atoms with Crippen molar-refractivity contribution in [3.63, 3.8) is 0 Å². The van der Waals surface area contributed by atoms with Crippen LogP contribution in [0.2, 0.25) is 0 Å². The topological polar surface area (TPSA) is 91.8 Å². The molecule has 0 aliphatic carbocycles. The van der Waals surface area contributed by atoms with Gasteiger partial charge in [-0.25, -0.2) is 15.0 Å². The Morgan fingerprint density at radius 3 is 2.23 bits per heavy atom. The molecule has 0 bridgehead atoms. The first-order valence-corrected chi connectivity index (χ1v) is 10.6. The maximum absolute atomic E-state index is 12.9. The molecule has 0 fully saturated rings. The maximum Gasteiger partial charge on any atom is 0.416 e. The molecular weight excluding hydrogens is 457 g/mol. The summed E-state index contributed by atoms with van der Waals surface area (Å²) in [5, 5.41) is 8.96. The number of hydrogen-bond donors (Lipinski definition) is 3. The lowest BCUT2D eigenvalue weighted by Gasteiger charge is -2.11.